The molecule has 2 aromatic rings. The Bertz CT molecular complexity index is 581. The summed E-state index contributed by atoms with van der Waals surface area (Å²) in [6, 6.07) is 4.42. The average molecular weight is 322 g/mol. The molecule has 0 atom stereocenters. The Morgan fingerprint density at radius 2 is 2.10 bits per heavy atom. The Kier molecular flexibility index (Phi) is 6.32. The zero-order valence-electron chi connectivity index (χ0n) is 11.3. The highest BCUT2D eigenvalue weighted by atomic mass is 35.5. The predicted octanol–water partition coefficient (Wildman–Crippen LogP) is 2.49. The predicted molar refractivity (Wildman–Crippen MR) is 72.9 cm³/mol. The van der Waals surface area contributed by atoms with Gasteiger partial charge in [-0.3, -0.25) is 0 Å². The monoisotopic (exact) mass is 321 g/mol. The van der Waals surface area contributed by atoms with E-state index in [-0.39, 0.29) is 23.9 Å². The molecule has 21 heavy (non-hydrogen) atoms. The van der Waals surface area contributed by atoms with Crippen molar-refractivity contribution in [2.24, 2.45) is 0 Å². The first-order valence-corrected chi connectivity index (χ1v) is 5.74. The number of halogens is 3. The highest BCUT2D eigenvalue weighted by Gasteiger charge is 2.14. The second kappa shape index (κ2) is 7.75. The third-order valence-electron chi connectivity index (χ3n) is 2.43. The van der Waals surface area contributed by atoms with Gasteiger partial charge in [-0.1, -0.05) is 5.16 Å². The molecule has 0 unspecified atom stereocenters. The van der Waals surface area contributed by atoms with Gasteiger partial charge in [-0.15, -0.1) is 12.4 Å². The second-order valence-corrected chi connectivity index (χ2v) is 3.79. The molecule has 2 rings (SSSR count). The van der Waals surface area contributed by atoms with Crippen LogP contribution in [0, 0.1) is 0 Å². The first kappa shape index (κ1) is 17.1. The number of ether oxygens (including phenoxy) is 2. The third kappa shape index (κ3) is 4.27. The van der Waals surface area contributed by atoms with Crippen LogP contribution >= 0.6 is 12.4 Å². The molecule has 0 aliphatic heterocycles. The molecule has 0 bridgehead atoms. The zero-order chi connectivity index (χ0) is 14.5. The van der Waals surface area contributed by atoms with Crippen molar-refractivity contribution in [2.75, 3.05) is 14.2 Å². The highest BCUT2D eigenvalue weighted by Crippen LogP contribution is 2.32. The van der Waals surface area contributed by atoms with E-state index >= 15 is 0 Å². The number of hydrogen-bond acceptors (Lipinski definition) is 6. The van der Waals surface area contributed by atoms with E-state index in [1.807, 2.05) is 0 Å². The van der Waals surface area contributed by atoms with Crippen LogP contribution in [0.5, 0.6) is 11.5 Å². The van der Waals surface area contributed by atoms with Crippen molar-refractivity contribution in [1.82, 2.24) is 15.5 Å². The summed E-state index contributed by atoms with van der Waals surface area (Å²) in [4.78, 5) is 4.15. The van der Waals surface area contributed by atoms with Crippen LogP contribution < -0.4 is 14.8 Å². The van der Waals surface area contributed by atoms with Crippen molar-refractivity contribution in [1.29, 1.82) is 0 Å². The lowest BCUT2D eigenvalue weighted by molar-refractivity contribution is -0.0512. The van der Waals surface area contributed by atoms with E-state index in [0.717, 1.165) is 0 Å². The number of nitrogens with zero attached hydrogens (tertiary/aromatic N) is 2. The number of aromatic nitrogens is 2. The van der Waals surface area contributed by atoms with E-state index in [0.29, 0.717) is 23.8 Å². The maximum absolute atomic E-state index is 12.2. The quantitative estimate of drug-likeness (QED) is 0.881. The average Bonchev–Trinajstić information content (AvgIpc) is 2.87. The Labute approximate surface area is 125 Å². The van der Waals surface area contributed by atoms with Crippen LogP contribution in [0.3, 0.4) is 0 Å². The molecule has 0 aliphatic carbocycles. The molecular formula is C12H14ClF2N3O3. The minimum atomic E-state index is -2.91. The molecule has 1 N–H and O–H groups in total. The van der Waals surface area contributed by atoms with Gasteiger partial charge in [-0.25, -0.2) is 0 Å². The zero-order valence-corrected chi connectivity index (χ0v) is 12.1. The van der Waals surface area contributed by atoms with Crippen LogP contribution in [0.25, 0.3) is 11.4 Å². The molecule has 116 valence electrons. The Hall–Kier alpha value is -1.93. The van der Waals surface area contributed by atoms with Gasteiger partial charge in [0.2, 0.25) is 11.7 Å². The number of alkyl halides is 2. The van der Waals surface area contributed by atoms with Crippen molar-refractivity contribution < 1.29 is 22.8 Å². The van der Waals surface area contributed by atoms with Crippen LogP contribution in [0.4, 0.5) is 8.78 Å². The summed E-state index contributed by atoms with van der Waals surface area (Å²) in [7, 11) is 3.11. The van der Waals surface area contributed by atoms with E-state index in [1.165, 1.54) is 19.2 Å². The van der Waals surface area contributed by atoms with Crippen molar-refractivity contribution in [3.8, 4) is 22.9 Å². The fourth-order valence-electron chi connectivity index (χ4n) is 1.60. The van der Waals surface area contributed by atoms with Gasteiger partial charge in [-0.05, 0) is 25.2 Å². The highest BCUT2D eigenvalue weighted by molar-refractivity contribution is 5.85. The van der Waals surface area contributed by atoms with E-state index in [9.17, 15) is 8.78 Å². The fourth-order valence-corrected chi connectivity index (χ4v) is 1.60. The molecule has 0 saturated carbocycles. The molecule has 1 heterocycles. The van der Waals surface area contributed by atoms with E-state index in [1.54, 1.807) is 13.1 Å². The molecule has 0 fully saturated rings. The maximum atomic E-state index is 12.2. The Morgan fingerprint density at radius 1 is 1.33 bits per heavy atom. The van der Waals surface area contributed by atoms with Crippen LogP contribution in [0.15, 0.2) is 22.7 Å². The van der Waals surface area contributed by atoms with Gasteiger partial charge in [0.05, 0.1) is 13.7 Å². The SMILES string of the molecule is CNCc1nc(-c2ccc(OC(F)F)c(OC)c2)no1.Cl. The summed E-state index contributed by atoms with van der Waals surface area (Å²) in [5.41, 5.74) is 0.578. The minimum absolute atomic E-state index is 0. The van der Waals surface area contributed by atoms with Crippen LogP contribution in [-0.4, -0.2) is 30.9 Å². The number of methoxy groups -OCH3 is 1. The summed E-state index contributed by atoms with van der Waals surface area (Å²) in [5, 5.41) is 6.68. The summed E-state index contributed by atoms with van der Waals surface area (Å²) >= 11 is 0. The standard InChI is InChI=1S/C12H13F2N3O3.ClH/c1-15-6-10-16-11(17-20-10)7-3-4-8(19-12(13)14)9(5-7)18-2;/h3-5,12,15H,6H2,1-2H3;1H. The van der Waals surface area contributed by atoms with Crippen molar-refractivity contribution in [3.05, 3.63) is 24.1 Å². The van der Waals surface area contributed by atoms with Gasteiger partial charge in [-0.2, -0.15) is 13.8 Å². The summed E-state index contributed by atoms with van der Waals surface area (Å²) in [6.45, 7) is -2.47. The lowest BCUT2D eigenvalue weighted by Gasteiger charge is -2.10. The number of hydrogen-bond donors (Lipinski definition) is 1. The molecule has 0 saturated heterocycles. The first-order valence-electron chi connectivity index (χ1n) is 5.74. The lowest BCUT2D eigenvalue weighted by Crippen LogP contribution is -2.05. The van der Waals surface area contributed by atoms with E-state index in [4.69, 9.17) is 9.26 Å². The normalized spacial score (nSPS) is 10.3. The van der Waals surface area contributed by atoms with Gasteiger partial charge in [0, 0.05) is 5.56 Å². The molecule has 0 spiro atoms. The molecule has 1 aromatic carbocycles. The molecule has 0 radical (unpaired) electrons. The molecule has 9 heteroatoms. The second-order valence-electron chi connectivity index (χ2n) is 3.79. The fraction of sp³-hybridized carbons (Fsp3) is 0.333. The molecular weight excluding hydrogens is 308 g/mol. The molecule has 6 nitrogen and oxygen atoms in total. The van der Waals surface area contributed by atoms with Crippen LogP contribution in [-0.2, 0) is 6.54 Å². The van der Waals surface area contributed by atoms with E-state index in [2.05, 4.69) is 20.2 Å². The maximum Gasteiger partial charge on any atom is 0.387 e. The Balaban J connectivity index is 0.00000220. The molecule has 0 amide bonds. The largest absolute Gasteiger partial charge is 0.493 e. The van der Waals surface area contributed by atoms with Crippen LogP contribution in [0.2, 0.25) is 0 Å². The van der Waals surface area contributed by atoms with Gasteiger partial charge < -0.3 is 19.3 Å². The van der Waals surface area contributed by atoms with E-state index < -0.39 is 6.61 Å². The lowest BCUT2D eigenvalue weighted by atomic mass is 10.2. The van der Waals surface area contributed by atoms with Crippen molar-refractivity contribution >= 4 is 12.4 Å². The Morgan fingerprint density at radius 3 is 2.71 bits per heavy atom. The number of benzene rings is 1. The number of nitrogens with one attached hydrogen (secondary N) is 1. The smallest absolute Gasteiger partial charge is 0.387 e. The topological polar surface area (TPSA) is 69.4 Å². The minimum Gasteiger partial charge on any atom is -0.493 e. The summed E-state index contributed by atoms with van der Waals surface area (Å²) in [6.07, 6.45) is 0. The molecule has 0 aliphatic rings. The number of rotatable bonds is 6. The van der Waals surface area contributed by atoms with Gasteiger partial charge in [0.1, 0.15) is 0 Å². The van der Waals surface area contributed by atoms with Gasteiger partial charge in [0.15, 0.2) is 11.5 Å². The van der Waals surface area contributed by atoms with Gasteiger partial charge >= 0.3 is 6.61 Å². The summed E-state index contributed by atoms with van der Waals surface area (Å²) in [5.74, 6) is 0.888. The summed E-state index contributed by atoms with van der Waals surface area (Å²) < 4.78 is 38.8. The van der Waals surface area contributed by atoms with Crippen LogP contribution in [0.1, 0.15) is 5.89 Å². The van der Waals surface area contributed by atoms with Crippen molar-refractivity contribution in [2.45, 2.75) is 13.2 Å². The van der Waals surface area contributed by atoms with Gasteiger partial charge in [0.25, 0.3) is 0 Å². The first-order chi connectivity index (χ1) is 9.63. The molecule has 1 aromatic heterocycles. The van der Waals surface area contributed by atoms with Crippen molar-refractivity contribution in [3.63, 3.8) is 0 Å². The third-order valence-corrected chi connectivity index (χ3v) is 2.43.